The number of carbonyl (C=O) groups is 1. The maximum absolute atomic E-state index is 15.4. The van der Waals surface area contributed by atoms with Gasteiger partial charge < -0.3 is 29.8 Å². The molecule has 0 unspecified atom stereocenters. The average molecular weight is 435 g/mol. The number of anilines is 1. The maximum atomic E-state index is 15.4. The predicted octanol–water partition coefficient (Wildman–Crippen LogP) is 2.20. The number of pyridine rings is 1. The van der Waals surface area contributed by atoms with Crippen LogP contribution in [0.4, 0.5) is 14.5 Å². The van der Waals surface area contributed by atoms with Crippen molar-refractivity contribution >= 4 is 22.6 Å². The predicted molar refractivity (Wildman–Crippen MR) is 110 cm³/mol. The first kappa shape index (κ1) is 21.3. The van der Waals surface area contributed by atoms with Crippen LogP contribution in [0.25, 0.3) is 10.9 Å². The van der Waals surface area contributed by atoms with Crippen molar-refractivity contribution in [3.05, 3.63) is 45.3 Å². The van der Waals surface area contributed by atoms with Crippen LogP contribution < -0.4 is 20.8 Å². The van der Waals surface area contributed by atoms with Crippen molar-refractivity contribution in [2.45, 2.75) is 18.9 Å². The van der Waals surface area contributed by atoms with E-state index in [0.717, 1.165) is 18.9 Å². The molecule has 4 rings (SSSR count). The fraction of sp³-hybridized carbons (Fsp3) is 0.429. The van der Waals surface area contributed by atoms with E-state index in [4.69, 9.17) is 15.2 Å². The molecule has 2 fully saturated rings. The second-order valence-corrected chi connectivity index (χ2v) is 7.64. The number of carboxylic acids is 1. The molecule has 0 spiro atoms. The molecule has 1 aromatic carbocycles. The molecule has 2 aliphatic rings. The summed E-state index contributed by atoms with van der Waals surface area (Å²) in [6.07, 6.45) is 2.90. The minimum Gasteiger partial charge on any atom is -0.492 e. The number of nitrogens with two attached hydrogens (primary N) is 1. The Morgan fingerprint density at radius 1 is 1.42 bits per heavy atom. The molecular formula is C21H23F2N3O5. The summed E-state index contributed by atoms with van der Waals surface area (Å²) in [7, 11) is 1.36. The highest BCUT2D eigenvalue weighted by atomic mass is 19.1. The number of aromatic nitrogens is 1. The van der Waals surface area contributed by atoms with Crippen molar-refractivity contribution in [1.29, 1.82) is 0 Å². The molecule has 1 saturated carbocycles. The van der Waals surface area contributed by atoms with E-state index in [9.17, 15) is 19.1 Å². The molecule has 1 aromatic heterocycles. The molecule has 3 N–H and O–H groups in total. The Bertz CT molecular complexity index is 1140. The molecule has 8 nitrogen and oxygen atoms in total. The van der Waals surface area contributed by atoms with Crippen molar-refractivity contribution in [2.24, 2.45) is 5.73 Å². The van der Waals surface area contributed by atoms with Gasteiger partial charge in [0, 0.05) is 37.4 Å². The van der Waals surface area contributed by atoms with Gasteiger partial charge in [0.05, 0.1) is 31.2 Å². The maximum Gasteiger partial charge on any atom is 0.341 e. The van der Waals surface area contributed by atoms with Crippen molar-refractivity contribution in [3.63, 3.8) is 0 Å². The molecule has 166 valence electrons. The van der Waals surface area contributed by atoms with Crippen LogP contribution >= 0.6 is 0 Å². The highest BCUT2D eigenvalue weighted by Crippen LogP contribution is 2.44. The number of halogens is 2. The quantitative estimate of drug-likeness (QED) is 0.742. The lowest BCUT2D eigenvalue weighted by Gasteiger charge is -2.27. The van der Waals surface area contributed by atoms with E-state index in [2.05, 4.69) is 0 Å². The van der Waals surface area contributed by atoms with Crippen molar-refractivity contribution in [3.8, 4) is 5.75 Å². The highest BCUT2D eigenvalue weighted by Gasteiger charge is 2.32. The Balaban J connectivity index is 1.98. The molecule has 2 heterocycles. The van der Waals surface area contributed by atoms with Gasteiger partial charge in [-0.15, -0.1) is 0 Å². The fourth-order valence-electron chi connectivity index (χ4n) is 3.95. The molecular weight excluding hydrogens is 412 g/mol. The summed E-state index contributed by atoms with van der Waals surface area (Å²) in [5, 5.41) is 9.36. The van der Waals surface area contributed by atoms with E-state index in [-0.39, 0.29) is 55.7 Å². The third kappa shape index (κ3) is 3.77. The van der Waals surface area contributed by atoms with Gasteiger partial charge in [0.1, 0.15) is 17.1 Å². The van der Waals surface area contributed by atoms with E-state index in [0.29, 0.717) is 11.1 Å². The minimum atomic E-state index is -1.37. The minimum absolute atomic E-state index is 0.00832. The van der Waals surface area contributed by atoms with Crippen LogP contribution in [0.2, 0.25) is 0 Å². The second-order valence-electron chi connectivity index (χ2n) is 7.64. The summed E-state index contributed by atoms with van der Waals surface area (Å²) in [5.74, 6) is -2.56. The van der Waals surface area contributed by atoms with Crippen molar-refractivity contribution in [2.75, 3.05) is 44.9 Å². The van der Waals surface area contributed by atoms with Gasteiger partial charge in [-0.05, 0) is 18.9 Å². The van der Waals surface area contributed by atoms with Gasteiger partial charge in [0.25, 0.3) is 0 Å². The number of ether oxygens (including phenoxy) is 2. The molecule has 10 heteroatoms. The first-order chi connectivity index (χ1) is 14.9. The first-order valence-corrected chi connectivity index (χ1v) is 9.95. The third-order valence-electron chi connectivity index (χ3n) is 5.62. The normalized spacial score (nSPS) is 18.8. The van der Waals surface area contributed by atoms with Crippen LogP contribution in [0.5, 0.6) is 5.75 Å². The number of benzene rings is 1. The molecule has 0 amide bonds. The molecule has 31 heavy (non-hydrogen) atoms. The Labute approximate surface area is 176 Å². The second kappa shape index (κ2) is 8.27. The van der Waals surface area contributed by atoms with Gasteiger partial charge in [-0.3, -0.25) is 4.79 Å². The zero-order valence-electron chi connectivity index (χ0n) is 17.0. The van der Waals surface area contributed by atoms with Crippen LogP contribution in [-0.4, -0.2) is 55.6 Å². The summed E-state index contributed by atoms with van der Waals surface area (Å²) in [6.45, 7) is 0.300. The number of hydrogen-bond acceptors (Lipinski definition) is 6. The van der Waals surface area contributed by atoms with Gasteiger partial charge >= 0.3 is 5.97 Å². The number of aromatic carboxylic acids is 1. The van der Waals surface area contributed by atoms with Crippen molar-refractivity contribution < 1.29 is 28.2 Å². The van der Waals surface area contributed by atoms with Crippen LogP contribution in [0.15, 0.2) is 28.5 Å². The van der Waals surface area contributed by atoms with E-state index in [1.165, 1.54) is 13.3 Å². The first-order valence-electron chi connectivity index (χ1n) is 9.95. The van der Waals surface area contributed by atoms with Gasteiger partial charge in [-0.1, -0.05) is 0 Å². The SMILES string of the molecule is COc1c(N2CCOC/C(=C(/F)CN)C2)c(F)cc2c(=O)c(C(=O)O)cn(C3CC3)c12. The lowest BCUT2D eigenvalue weighted by atomic mass is 10.1. The zero-order valence-corrected chi connectivity index (χ0v) is 17.0. The van der Waals surface area contributed by atoms with Crippen LogP contribution in [0.3, 0.4) is 0 Å². The van der Waals surface area contributed by atoms with Gasteiger partial charge in [0.15, 0.2) is 11.6 Å². The largest absolute Gasteiger partial charge is 0.492 e. The third-order valence-corrected chi connectivity index (χ3v) is 5.62. The van der Waals surface area contributed by atoms with E-state index < -0.39 is 28.6 Å². The smallest absolute Gasteiger partial charge is 0.341 e. The van der Waals surface area contributed by atoms with E-state index in [1.807, 2.05) is 0 Å². The van der Waals surface area contributed by atoms with Crippen LogP contribution in [-0.2, 0) is 4.74 Å². The van der Waals surface area contributed by atoms with Crippen LogP contribution in [0.1, 0.15) is 29.2 Å². The lowest BCUT2D eigenvalue weighted by Crippen LogP contribution is -2.29. The summed E-state index contributed by atoms with van der Waals surface area (Å²) in [4.78, 5) is 26.0. The topological polar surface area (TPSA) is 107 Å². The van der Waals surface area contributed by atoms with E-state index >= 15 is 4.39 Å². The Kier molecular flexibility index (Phi) is 5.67. The summed E-state index contributed by atoms with van der Waals surface area (Å²) < 4.78 is 42.2. The van der Waals surface area contributed by atoms with Gasteiger partial charge in [0.2, 0.25) is 5.43 Å². The van der Waals surface area contributed by atoms with E-state index in [1.54, 1.807) is 9.47 Å². The van der Waals surface area contributed by atoms with Gasteiger partial charge in [-0.25, -0.2) is 13.6 Å². The molecule has 0 atom stereocenters. The number of hydrogen-bond donors (Lipinski definition) is 2. The molecule has 1 saturated heterocycles. The standard InChI is InChI=1S/C21H23F2N3O5/c1-30-20-17-13(19(27)14(21(28)29)9-26(17)12-2-3-12)6-15(22)18(20)25-4-5-31-10-11(8-25)16(23)7-24/h6,9,12H,2-5,7-8,10,24H2,1H3,(H,28,29)/b16-11+. The zero-order chi connectivity index (χ0) is 22.3. The van der Waals surface area contributed by atoms with Gasteiger partial charge in [-0.2, -0.15) is 0 Å². The number of rotatable bonds is 5. The molecule has 1 aliphatic carbocycles. The number of carboxylic acid groups (broad SMARTS) is 1. The average Bonchev–Trinajstić information content (AvgIpc) is 3.59. The Morgan fingerprint density at radius 2 is 2.16 bits per heavy atom. The summed E-state index contributed by atoms with van der Waals surface area (Å²) >= 11 is 0. The molecule has 1 aliphatic heterocycles. The Morgan fingerprint density at radius 3 is 2.77 bits per heavy atom. The number of methoxy groups -OCH3 is 1. The number of nitrogens with zero attached hydrogens (tertiary/aromatic N) is 2. The summed E-state index contributed by atoms with van der Waals surface area (Å²) in [6, 6.07) is 1.03. The molecule has 0 bridgehead atoms. The number of fused-ring (bicyclic) bond motifs is 1. The Hall–Kier alpha value is -2.98. The molecule has 0 radical (unpaired) electrons. The lowest BCUT2D eigenvalue weighted by molar-refractivity contribution is 0.0694. The van der Waals surface area contributed by atoms with Crippen LogP contribution in [0, 0.1) is 5.82 Å². The monoisotopic (exact) mass is 435 g/mol. The fourth-order valence-corrected chi connectivity index (χ4v) is 3.95. The molecule has 2 aromatic rings. The van der Waals surface area contributed by atoms with Crippen molar-refractivity contribution in [1.82, 2.24) is 4.57 Å². The highest BCUT2D eigenvalue weighted by molar-refractivity contribution is 5.97. The summed E-state index contributed by atoms with van der Waals surface area (Å²) in [5.41, 5.74) is 4.92.